The van der Waals surface area contributed by atoms with Crippen LogP contribution in [-0.4, -0.2) is 34.1 Å². The fourth-order valence-corrected chi connectivity index (χ4v) is 0. The topological polar surface area (TPSA) is 0 Å². The third-order valence-electron chi connectivity index (χ3n) is 0.445. The van der Waals surface area contributed by atoms with Crippen LogP contribution in [0.15, 0.2) is 0 Å². The predicted octanol–water partition coefficient (Wildman–Crippen LogP) is 1.20. The van der Waals surface area contributed by atoms with E-state index < -0.39 is 0 Å². The molecule has 0 amide bonds. The van der Waals surface area contributed by atoms with Crippen LogP contribution in [0.2, 0.25) is 0 Å². The summed E-state index contributed by atoms with van der Waals surface area (Å²) in [5, 5.41) is 0.412. The molecule has 0 bridgehead atoms. The maximum atomic E-state index is 2.29. The Bertz CT molecular complexity index is 42.2. The fraction of sp³-hybridized carbons (Fsp3) is 1.00. The van der Waals surface area contributed by atoms with Gasteiger partial charge >= 0.3 is 46.1 Å². The summed E-state index contributed by atoms with van der Waals surface area (Å²) in [6.45, 7) is 4.52. The second-order valence-electron chi connectivity index (χ2n) is 0.944. The second kappa shape index (κ2) is 3.29. The molecule has 0 radical (unpaired) electrons. The Labute approximate surface area is 46.4 Å². The molecule has 0 nitrogen and oxygen atoms in total. The normalized spacial score (nSPS) is 11.2. The van der Waals surface area contributed by atoms with Crippen LogP contribution in [0.5, 0.6) is 0 Å². The van der Waals surface area contributed by atoms with Gasteiger partial charge in [0.1, 0.15) is 0 Å². The van der Waals surface area contributed by atoms with Crippen LogP contribution in [0.1, 0.15) is 6.92 Å². The molecule has 0 aliphatic rings. The molecular weight excluding hydrogens is 195 g/mol. The molecule has 0 aliphatic heterocycles. The van der Waals surface area contributed by atoms with Gasteiger partial charge in [0.15, 0.2) is 0 Å². The van der Waals surface area contributed by atoms with Crippen molar-refractivity contribution in [2.45, 2.75) is 6.92 Å². The zero-order chi connectivity index (χ0) is 4.28. The van der Waals surface area contributed by atoms with Gasteiger partial charge in [-0.3, -0.25) is 0 Å². The molecule has 0 aliphatic carbocycles. The molecule has 0 saturated heterocycles. The average molecular weight is 203 g/mol. The monoisotopic (exact) mass is 205 g/mol. The van der Waals surface area contributed by atoms with Crippen molar-refractivity contribution < 1.29 is 0 Å². The Kier molecular flexibility index (Phi) is 4.00. The van der Waals surface area contributed by atoms with E-state index in [1.807, 2.05) is 0 Å². The van der Waals surface area contributed by atoms with E-state index in [0.717, 1.165) is 0 Å². The summed E-state index contributed by atoms with van der Waals surface area (Å²) < 4.78 is 0. The van der Waals surface area contributed by atoms with E-state index in [4.69, 9.17) is 0 Å². The number of rotatable bonds is 1. The minimum atomic E-state index is 0.412. The van der Waals surface area contributed by atoms with Crippen molar-refractivity contribution in [1.82, 2.24) is 0 Å². The van der Waals surface area contributed by atoms with E-state index in [0.29, 0.717) is 5.15 Å². The van der Waals surface area contributed by atoms with Crippen molar-refractivity contribution in [1.29, 1.82) is 0 Å². The Hall–Kier alpha value is 1.09. The van der Waals surface area contributed by atoms with Crippen LogP contribution < -0.4 is 0 Å². The van der Waals surface area contributed by atoms with Gasteiger partial charge in [-0.05, 0) is 0 Å². The third-order valence-corrected chi connectivity index (χ3v) is 3.55. The molecule has 2 heteroatoms. The van der Waals surface area contributed by atoms with Gasteiger partial charge in [-0.2, -0.15) is 0 Å². The van der Waals surface area contributed by atoms with E-state index in [2.05, 4.69) is 34.8 Å². The summed E-state index contributed by atoms with van der Waals surface area (Å²) in [6.07, 6.45) is 1.37. The Balaban J connectivity index is 2.85. The number of hydrogen-bond donors (Lipinski definition) is 0. The molecule has 0 fully saturated rings. The van der Waals surface area contributed by atoms with E-state index in [1.54, 1.807) is 0 Å². The molecule has 1 unspecified atom stereocenters. The van der Waals surface area contributed by atoms with Gasteiger partial charge in [-0.15, -0.1) is 0 Å². The average Bonchev–Trinajstić information content (AvgIpc) is 1.38. The molecule has 0 N–H and O–H groups in total. The molecule has 0 spiro atoms. The van der Waals surface area contributed by atoms with Gasteiger partial charge in [0.2, 0.25) is 0 Å². The minimum absolute atomic E-state index is 0.412. The molecule has 1 atom stereocenters. The molecule has 0 rings (SSSR count). The van der Waals surface area contributed by atoms with Crippen LogP contribution in [0.25, 0.3) is 0 Å². The summed E-state index contributed by atoms with van der Waals surface area (Å²) in [7, 11) is 0. The van der Waals surface area contributed by atoms with Crippen molar-refractivity contribution >= 4 is 26.4 Å². The molecule has 0 aromatic carbocycles. The van der Waals surface area contributed by atoms with Gasteiger partial charge in [-0.1, -0.05) is 0 Å². The van der Waals surface area contributed by atoms with Crippen molar-refractivity contribution in [3.05, 3.63) is 0 Å². The van der Waals surface area contributed by atoms with Crippen molar-refractivity contribution in [2.24, 2.45) is 0 Å². The van der Waals surface area contributed by atoms with Crippen LogP contribution in [0.3, 0.4) is 0 Å². The molecule has 0 saturated carbocycles. The first kappa shape index (κ1) is 6.09. The summed E-state index contributed by atoms with van der Waals surface area (Å²) in [6, 6.07) is 0. The van der Waals surface area contributed by atoms with Gasteiger partial charge in [0, 0.05) is 0 Å². The summed E-state index contributed by atoms with van der Waals surface area (Å²) in [5.41, 5.74) is 0. The van der Waals surface area contributed by atoms with Crippen LogP contribution >= 0.6 is 5.15 Å². The SMILES string of the molecule is CC[P+](C)=[Te]. The van der Waals surface area contributed by atoms with Crippen LogP contribution in [-0.2, 0) is 0 Å². The van der Waals surface area contributed by atoms with Crippen molar-refractivity contribution in [3.63, 3.8) is 0 Å². The summed E-state index contributed by atoms with van der Waals surface area (Å²) in [5.74, 6) is 0. The van der Waals surface area contributed by atoms with Gasteiger partial charge in [0.05, 0.1) is 0 Å². The zero-order valence-corrected chi connectivity index (χ0v) is 6.79. The first-order valence-electron chi connectivity index (χ1n) is 1.65. The first-order chi connectivity index (χ1) is 2.27. The first-order valence-corrected chi connectivity index (χ1v) is 6.67. The Morgan fingerprint density at radius 2 is 2.00 bits per heavy atom. The van der Waals surface area contributed by atoms with Crippen LogP contribution in [0, 0.1) is 0 Å². The molecule has 0 heterocycles. The maximum absolute atomic E-state index is 2.29. The van der Waals surface area contributed by atoms with Gasteiger partial charge < -0.3 is 0 Å². The zero-order valence-electron chi connectivity index (χ0n) is 3.56. The quantitative estimate of drug-likeness (QED) is 0.443. The Morgan fingerprint density at radius 3 is 2.00 bits per heavy atom. The van der Waals surface area contributed by atoms with E-state index in [9.17, 15) is 0 Å². The summed E-state index contributed by atoms with van der Waals surface area (Å²) >= 11 is 2.23. The molecule has 5 heavy (non-hydrogen) atoms. The number of hydrogen-bond acceptors (Lipinski definition) is 0. The molecule has 0 aromatic heterocycles. The second-order valence-corrected chi connectivity index (χ2v) is 8.17. The van der Waals surface area contributed by atoms with Crippen molar-refractivity contribution in [3.8, 4) is 0 Å². The fourth-order valence-electron chi connectivity index (χ4n) is 0. The van der Waals surface area contributed by atoms with Gasteiger partial charge in [-0.25, -0.2) is 0 Å². The predicted molar refractivity (Wildman–Crippen MR) is 29.1 cm³/mol. The Morgan fingerprint density at radius 1 is 1.80 bits per heavy atom. The third kappa shape index (κ3) is 5.09. The molecule has 30 valence electrons. The molecule has 0 aromatic rings. The van der Waals surface area contributed by atoms with Crippen molar-refractivity contribution in [2.75, 3.05) is 12.8 Å². The van der Waals surface area contributed by atoms with Crippen LogP contribution in [0.4, 0.5) is 0 Å². The van der Waals surface area contributed by atoms with E-state index >= 15 is 0 Å². The van der Waals surface area contributed by atoms with E-state index in [-0.39, 0.29) is 0 Å². The molecular formula is C3H8PTe+. The van der Waals surface area contributed by atoms with Gasteiger partial charge in [0.25, 0.3) is 0 Å². The summed E-state index contributed by atoms with van der Waals surface area (Å²) in [4.78, 5) is 0. The standard InChI is InChI=1S/C3H8PTe/c1-3-4(2)5/h3H2,1-2H3/q+1. The van der Waals surface area contributed by atoms with E-state index in [1.165, 1.54) is 6.16 Å².